The minimum Gasteiger partial charge on any atom is -0.461 e. The van der Waals surface area contributed by atoms with Crippen LogP contribution in [0.4, 0.5) is 0 Å². The van der Waals surface area contributed by atoms with Crippen molar-refractivity contribution in [3.05, 3.63) is 59.4 Å². The van der Waals surface area contributed by atoms with Crippen LogP contribution in [0.25, 0.3) is 0 Å². The molecule has 0 bridgehead atoms. The number of carbonyl (C=O) groups is 2. The van der Waals surface area contributed by atoms with E-state index in [1.807, 2.05) is 30.3 Å². The number of rotatable bonds is 3. The number of hydrogen-bond acceptors (Lipinski definition) is 5. The zero-order valence-corrected chi connectivity index (χ0v) is 11.4. The molecule has 1 aromatic rings. The third-order valence-corrected chi connectivity index (χ3v) is 3.45. The normalized spacial score (nSPS) is 26.5. The molecule has 0 amide bonds. The van der Waals surface area contributed by atoms with Crippen molar-refractivity contribution in [1.82, 2.24) is 0 Å². The van der Waals surface area contributed by atoms with Crippen LogP contribution < -0.4 is 0 Å². The van der Waals surface area contributed by atoms with Gasteiger partial charge in [-0.25, -0.2) is 9.59 Å². The van der Waals surface area contributed by atoms with Crippen LogP contribution in [-0.2, 0) is 23.8 Å². The van der Waals surface area contributed by atoms with E-state index in [4.69, 9.17) is 14.2 Å². The highest BCUT2D eigenvalue weighted by Gasteiger charge is 2.33. The molecule has 2 heterocycles. The zero-order valence-electron chi connectivity index (χ0n) is 11.4. The molecule has 0 radical (unpaired) electrons. The van der Waals surface area contributed by atoms with Gasteiger partial charge >= 0.3 is 11.9 Å². The molecule has 5 heteroatoms. The summed E-state index contributed by atoms with van der Waals surface area (Å²) in [5.41, 5.74) is 1.90. The van der Waals surface area contributed by atoms with Crippen molar-refractivity contribution >= 4 is 11.9 Å². The van der Waals surface area contributed by atoms with Crippen molar-refractivity contribution in [3.63, 3.8) is 0 Å². The average molecular weight is 286 g/mol. The summed E-state index contributed by atoms with van der Waals surface area (Å²) in [7, 11) is 0. The third-order valence-electron chi connectivity index (χ3n) is 3.45. The lowest BCUT2D eigenvalue weighted by atomic mass is 9.94. The highest BCUT2D eigenvalue weighted by Crippen LogP contribution is 2.31. The lowest BCUT2D eigenvalue weighted by molar-refractivity contribution is -0.152. The van der Waals surface area contributed by atoms with Gasteiger partial charge in [-0.1, -0.05) is 30.3 Å². The first-order valence-corrected chi connectivity index (χ1v) is 6.62. The quantitative estimate of drug-likeness (QED) is 0.483. The van der Waals surface area contributed by atoms with Crippen molar-refractivity contribution in [1.29, 1.82) is 0 Å². The van der Waals surface area contributed by atoms with Crippen molar-refractivity contribution in [2.24, 2.45) is 0 Å². The first-order chi connectivity index (χ1) is 10.1. The summed E-state index contributed by atoms with van der Waals surface area (Å²) in [5.74, 6) is -0.984. The monoisotopic (exact) mass is 286 g/mol. The molecule has 1 aromatic carbocycles. The minimum absolute atomic E-state index is 0.166. The predicted octanol–water partition coefficient (Wildman–Crippen LogP) is 2.06. The molecule has 0 N–H and O–H groups in total. The van der Waals surface area contributed by atoms with E-state index in [1.54, 1.807) is 13.0 Å². The summed E-state index contributed by atoms with van der Waals surface area (Å²) in [4.78, 5) is 23.0. The Morgan fingerprint density at radius 3 is 2.62 bits per heavy atom. The summed E-state index contributed by atoms with van der Waals surface area (Å²) in [6.07, 6.45) is 2.12. The molecule has 5 nitrogen and oxygen atoms in total. The highest BCUT2D eigenvalue weighted by atomic mass is 16.7. The van der Waals surface area contributed by atoms with E-state index in [0.717, 1.165) is 5.56 Å². The van der Waals surface area contributed by atoms with E-state index < -0.39 is 18.2 Å². The molecule has 21 heavy (non-hydrogen) atoms. The second-order valence-electron chi connectivity index (χ2n) is 4.89. The van der Waals surface area contributed by atoms with Gasteiger partial charge in [-0.15, -0.1) is 0 Å². The number of esters is 2. The minimum atomic E-state index is -0.783. The lowest BCUT2D eigenvalue weighted by Gasteiger charge is -2.11. The fourth-order valence-corrected chi connectivity index (χ4v) is 2.28. The highest BCUT2D eigenvalue weighted by molar-refractivity contribution is 5.92. The molecule has 2 atom stereocenters. The number of carbonyl (C=O) groups excluding carboxylic acids is 2. The molecule has 0 saturated carbocycles. The Balaban J connectivity index is 1.77. The fraction of sp³-hybridized carbons (Fsp3) is 0.250. The number of ether oxygens (including phenoxy) is 3. The Hall–Kier alpha value is -2.56. The van der Waals surface area contributed by atoms with Crippen LogP contribution in [0, 0.1) is 0 Å². The number of benzene rings is 1. The maximum absolute atomic E-state index is 11.8. The Bertz CT molecular complexity index is 629. The molecule has 0 aliphatic carbocycles. The van der Waals surface area contributed by atoms with Gasteiger partial charge in [0.2, 0.25) is 0 Å². The molecule has 1 fully saturated rings. The van der Waals surface area contributed by atoms with Crippen molar-refractivity contribution < 1.29 is 23.8 Å². The predicted molar refractivity (Wildman–Crippen MR) is 72.9 cm³/mol. The van der Waals surface area contributed by atoms with E-state index >= 15 is 0 Å². The van der Waals surface area contributed by atoms with Gasteiger partial charge in [0.1, 0.15) is 6.61 Å². The van der Waals surface area contributed by atoms with E-state index in [0.29, 0.717) is 11.1 Å². The molecule has 2 aliphatic rings. The molecular weight excluding hydrogens is 272 g/mol. The first-order valence-electron chi connectivity index (χ1n) is 6.62. The van der Waals surface area contributed by atoms with Gasteiger partial charge in [-0.2, -0.15) is 0 Å². The van der Waals surface area contributed by atoms with Crippen LogP contribution in [0.15, 0.2) is 53.8 Å². The second-order valence-corrected chi connectivity index (χ2v) is 4.89. The summed E-state index contributed by atoms with van der Waals surface area (Å²) >= 11 is 0. The summed E-state index contributed by atoms with van der Waals surface area (Å²) in [6.45, 7) is 1.94. The smallest absolute Gasteiger partial charge is 0.337 e. The summed E-state index contributed by atoms with van der Waals surface area (Å²) in [5, 5.41) is 0. The van der Waals surface area contributed by atoms with E-state index in [1.165, 1.54) is 6.26 Å². The zero-order chi connectivity index (χ0) is 14.8. The maximum Gasteiger partial charge on any atom is 0.337 e. The largest absolute Gasteiger partial charge is 0.461 e. The molecule has 2 aliphatic heterocycles. The number of cyclic esters (lactones) is 2. The summed E-state index contributed by atoms with van der Waals surface area (Å²) < 4.78 is 15.4. The van der Waals surface area contributed by atoms with Crippen LogP contribution in [0.5, 0.6) is 0 Å². The maximum atomic E-state index is 11.8. The van der Waals surface area contributed by atoms with E-state index in [-0.39, 0.29) is 12.5 Å². The third kappa shape index (κ3) is 2.67. The Morgan fingerprint density at radius 1 is 1.19 bits per heavy atom. The van der Waals surface area contributed by atoms with Gasteiger partial charge in [0.15, 0.2) is 0 Å². The Labute approximate surface area is 121 Å². The molecule has 3 rings (SSSR count). The van der Waals surface area contributed by atoms with Crippen molar-refractivity contribution in [2.45, 2.75) is 19.1 Å². The van der Waals surface area contributed by atoms with Crippen LogP contribution in [0.1, 0.15) is 18.4 Å². The molecule has 1 saturated heterocycles. The van der Waals surface area contributed by atoms with Gasteiger partial charge in [-0.05, 0) is 12.5 Å². The van der Waals surface area contributed by atoms with Crippen molar-refractivity contribution in [3.8, 4) is 0 Å². The van der Waals surface area contributed by atoms with Crippen LogP contribution >= 0.6 is 0 Å². The fourth-order valence-electron chi connectivity index (χ4n) is 2.28. The molecule has 0 aromatic heterocycles. The average Bonchev–Trinajstić information content (AvgIpc) is 3.01. The van der Waals surface area contributed by atoms with E-state index in [9.17, 15) is 9.59 Å². The van der Waals surface area contributed by atoms with Gasteiger partial charge in [-0.3, -0.25) is 0 Å². The van der Waals surface area contributed by atoms with E-state index in [2.05, 4.69) is 0 Å². The van der Waals surface area contributed by atoms with Gasteiger partial charge in [0.25, 0.3) is 6.29 Å². The van der Waals surface area contributed by atoms with Crippen molar-refractivity contribution in [2.75, 3.05) is 6.61 Å². The van der Waals surface area contributed by atoms with Gasteiger partial charge in [0, 0.05) is 11.6 Å². The first kappa shape index (κ1) is 13.4. The van der Waals surface area contributed by atoms with Crippen LogP contribution in [0.3, 0.4) is 0 Å². The standard InChI is InChI=1S/C16H14O5/c1-10-7-14(21-15(10)17)19-9-13-12(8-20-16(13)18)11-5-3-2-4-6-11/h2-7,9,12,14H,8H2,1H3/b13-9+. The lowest BCUT2D eigenvalue weighted by Crippen LogP contribution is -2.11. The van der Waals surface area contributed by atoms with Crippen LogP contribution in [0.2, 0.25) is 0 Å². The number of hydrogen-bond donors (Lipinski definition) is 0. The van der Waals surface area contributed by atoms with Gasteiger partial charge in [0.05, 0.1) is 17.8 Å². The van der Waals surface area contributed by atoms with Gasteiger partial charge < -0.3 is 14.2 Å². The molecule has 2 unspecified atom stereocenters. The Kier molecular flexibility index (Phi) is 3.48. The molecule has 0 spiro atoms. The topological polar surface area (TPSA) is 61.8 Å². The SMILES string of the molecule is CC1=CC(O/C=C2/C(=O)OCC2c2ccccc2)OC1=O. The molecule has 108 valence electrons. The Morgan fingerprint density at radius 2 is 1.95 bits per heavy atom. The second kappa shape index (κ2) is 5.44. The van der Waals surface area contributed by atoms with Crippen LogP contribution in [-0.4, -0.2) is 24.8 Å². The summed E-state index contributed by atoms with van der Waals surface area (Å²) in [6, 6.07) is 9.58. The molecular formula is C16H14O5.